The first kappa shape index (κ1) is 11.9. The van der Waals surface area contributed by atoms with Crippen molar-refractivity contribution in [2.24, 2.45) is 11.8 Å². The Morgan fingerprint density at radius 1 is 1.25 bits per heavy atom. The summed E-state index contributed by atoms with van der Waals surface area (Å²) in [7, 11) is 0. The van der Waals surface area contributed by atoms with Crippen molar-refractivity contribution in [3.8, 4) is 0 Å². The van der Waals surface area contributed by atoms with Gasteiger partial charge in [-0.2, -0.15) is 0 Å². The highest BCUT2D eigenvalue weighted by Gasteiger charge is 2.35. The standard InChI is InChI=1S/C9H20O3/c1-4-9(12,6-11)8(5-10)7(2)3/h7-8,10-12H,4-6H2,1-3H3. The van der Waals surface area contributed by atoms with Crippen LogP contribution in [0.15, 0.2) is 0 Å². The summed E-state index contributed by atoms with van der Waals surface area (Å²) in [5, 5.41) is 27.8. The highest BCUT2D eigenvalue weighted by molar-refractivity contribution is 4.85. The molecule has 0 aliphatic heterocycles. The number of hydrogen-bond donors (Lipinski definition) is 3. The van der Waals surface area contributed by atoms with E-state index >= 15 is 0 Å². The molecule has 0 radical (unpaired) electrons. The van der Waals surface area contributed by atoms with Crippen LogP contribution in [-0.2, 0) is 0 Å². The summed E-state index contributed by atoms with van der Waals surface area (Å²) in [6, 6.07) is 0. The van der Waals surface area contributed by atoms with Gasteiger partial charge in [0.05, 0.1) is 12.2 Å². The van der Waals surface area contributed by atoms with E-state index in [1.165, 1.54) is 0 Å². The van der Waals surface area contributed by atoms with Crippen molar-refractivity contribution in [1.29, 1.82) is 0 Å². The molecule has 0 fully saturated rings. The molecule has 3 heteroatoms. The van der Waals surface area contributed by atoms with Crippen LogP contribution in [0.5, 0.6) is 0 Å². The molecular weight excluding hydrogens is 156 g/mol. The zero-order chi connectivity index (χ0) is 9.78. The Kier molecular flexibility index (Phi) is 4.75. The van der Waals surface area contributed by atoms with Gasteiger partial charge < -0.3 is 15.3 Å². The van der Waals surface area contributed by atoms with E-state index in [0.29, 0.717) is 6.42 Å². The lowest BCUT2D eigenvalue weighted by atomic mass is 9.79. The van der Waals surface area contributed by atoms with Gasteiger partial charge in [0.25, 0.3) is 0 Å². The van der Waals surface area contributed by atoms with Crippen LogP contribution in [0.3, 0.4) is 0 Å². The van der Waals surface area contributed by atoms with Gasteiger partial charge in [0.2, 0.25) is 0 Å². The van der Waals surface area contributed by atoms with Crippen molar-refractivity contribution in [1.82, 2.24) is 0 Å². The third-order valence-electron chi connectivity index (χ3n) is 2.58. The number of rotatable bonds is 5. The maximum atomic E-state index is 9.85. The first-order chi connectivity index (χ1) is 5.51. The Morgan fingerprint density at radius 2 is 1.75 bits per heavy atom. The van der Waals surface area contributed by atoms with E-state index in [-0.39, 0.29) is 25.0 Å². The average molecular weight is 176 g/mol. The minimum Gasteiger partial charge on any atom is -0.396 e. The molecule has 0 spiro atoms. The Bertz CT molecular complexity index is 119. The summed E-state index contributed by atoms with van der Waals surface area (Å²) in [6.45, 7) is 5.30. The van der Waals surface area contributed by atoms with Crippen molar-refractivity contribution in [2.75, 3.05) is 13.2 Å². The lowest BCUT2D eigenvalue weighted by molar-refractivity contribution is -0.0942. The fourth-order valence-corrected chi connectivity index (χ4v) is 1.49. The van der Waals surface area contributed by atoms with Crippen LogP contribution < -0.4 is 0 Å². The van der Waals surface area contributed by atoms with Crippen LogP contribution in [0, 0.1) is 11.8 Å². The van der Waals surface area contributed by atoms with Gasteiger partial charge in [-0.05, 0) is 12.3 Å². The second-order valence-corrected chi connectivity index (χ2v) is 3.65. The first-order valence-corrected chi connectivity index (χ1v) is 4.46. The summed E-state index contributed by atoms with van der Waals surface area (Å²) in [4.78, 5) is 0. The van der Waals surface area contributed by atoms with Crippen LogP contribution in [0.1, 0.15) is 27.2 Å². The molecule has 0 bridgehead atoms. The van der Waals surface area contributed by atoms with Crippen LogP contribution in [0.4, 0.5) is 0 Å². The van der Waals surface area contributed by atoms with Crippen molar-refractivity contribution in [3.05, 3.63) is 0 Å². The molecule has 3 N–H and O–H groups in total. The van der Waals surface area contributed by atoms with E-state index < -0.39 is 5.60 Å². The largest absolute Gasteiger partial charge is 0.396 e. The van der Waals surface area contributed by atoms with E-state index in [0.717, 1.165) is 0 Å². The average Bonchev–Trinajstić information content (AvgIpc) is 2.04. The smallest absolute Gasteiger partial charge is 0.0927 e. The molecule has 0 heterocycles. The number of hydrogen-bond acceptors (Lipinski definition) is 3. The Hall–Kier alpha value is -0.120. The molecule has 0 aromatic carbocycles. The van der Waals surface area contributed by atoms with Crippen LogP contribution in [-0.4, -0.2) is 34.1 Å². The highest BCUT2D eigenvalue weighted by atomic mass is 16.3. The minimum absolute atomic E-state index is 0.0808. The van der Waals surface area contributed by atoms with Gasteiger partial charge in [0.1, 0.15) is 0 Å². The highest BCUT2D eigenvalue weighted by Crippen LogP contribution is 2.27. The van der Waals surface area contributed by atoms with Crippen LogP contribution in [0.2, 0.25) is 0 Å². The lowest BCUT2D eigenvalue weighted by Crippen LogP contribution is -2.45. The van der Waals surface area contributed by atoms with Gasteiger partial charge in [-0.3, -0.25) is 0 Å². The van der Waals surface area contributed by atoms with Gasteiger partial charge in [-0.15, -0.1) is 0 Å². The van der Waals surface area contributed by atoms with Gasteiger partial charge in [0.15, 0.2) is 0 Å². The maximum Gasteiger partial charge on any atom is 0.0927 e. The quantitative estimate of drug-likeness (QED) is 0.567. The summed E-state index contributed by atoms with van der Waals surface area (Å²) in [5.74, 6) is -0.0698. The molecule has 74 valence electrons. The number of aliphatic hydroxyl groups is 3. The van der Waals surface area contributed by atoms with Crippen LogP contribution >= 0.6 is 0 Å². The van der Waals surface area contributed by atoms with E-state index in [2.05, 4.69) is 0 Å². The molecule has 0 saturated carbocycles. The normalized spacial score (nSPS) is 19.2. The summed E-state index contributed by atoms with van der Waals surface area (Å²) < 4.78 is 0. The topological polar surface area (TPSA) is 60.7 Å². The summed E-state index contributed by atoms with van der Waals surface area (Å²) in [5.41, 5.74) is -1.12. The van der Waals surface area contributed by atoms with Gasteiger partial charge in [0, 0.05) is 12.5 Å². The van der Waals surface area contributed by atoms with Crippen molar-refractivity contribution >= 4 is 0 Å². The van der Waals surface area contributed by atoms with Crippen LogP contribution in [0.25, 0.3) is 0 Å². The molecule has 0 amide bonds. The van der Waals surface area contributed by atoms with E-state index in [4.69, 9.17) is 10.2 Å². The molecule has 0 aliphatic rings. The van der Waals surface area contributed by atoms with Crippen molar-refractivity contribution in [2.45, 2.75) is 32.8 Å². The molecule has 0 rings (SSSR count). The minimum atomic E-state index is -1.12. The van der Waals surface area contributed by atoms with Crippen molar-refractivity contribution < 1.29 is 15.3 Å². The molecule has 0 aromatic rings. The fraction of sp³-hybridized carbons (Fsp3) is 1.00. The second-order valence-electron chi connectivity index (χ2n) is 3.65. The maximum absolute atomic E-state index is 9.85. The molecule has 2 atom stereocenters. The van der Waals surface area contributed by atoms with Gasteiger partial charge >= 0.3 is 0 Å². The molecule has 0 saturated heterocycles. The Labute approximate surface area is 74.0 Å². The summed E-state index contributed by atoms with van der Waals surface area (Å²) in [6.07, 6.45) is 0.465. The van der Waals surface area contributed by atoms with Gasteiger partial charge in [-0.1, -0.05) is 20.8 Å². The predicted molar refractivity (Wildman–Crippen MR) is 47.7 cm³/mol. The molecule has 3 nitrogen and oxygen atoms in total. The predicted octanol–water partition coefficient (Wildman–Crippen LogP) is 0.384. The monoisotopic (exact) mass is 176 g/mol. The first-order valence-electron chi connectivity index (χ1n) is 4.46. The second kappa shape index (κ2) is 4.80. The van der Waals surface area contributed by atoms with E-state index in [1.54, 1.807) is 6.92 Å². The zero-order valence-corrected chi connectivity index (χ0v) is 8.12. The SMILES string of the molecule is CCC(O)(CO)C(CO)C(C)C. The van der Waals surface area contributed by atoms with Crippen molar-refractivity contribution in [3.63, 3.8) is 0 Å². The lowest BCUT2D eigenvalue weighted by Gasteiger charge is -2.35. The zero-order valence-electron chi connectivity index (χ0n) is 8.12. The van der Waals surface area contributed by atoms with E-state index in [1.807, 2.05) is 13.8 Å². The molecule has 12 heavy (non-hydrogen) atoms. The summed E-state index contributed by atoms with van der Waals surface area (Å²) >= 11 is 0. The Morgan fingerprint density at radius 3 is 1.83 bits per heavy atom. The van der Waals surface area contributed by atoms with E-state index in [9.17, 15) is 5.11 Å². The molecule has 0 aliphatic carbocycles. The third-order valence-corrected chi connectivity index (χ3v) is 2.58. The van der Waals surface area contributed by atoms with Gasteiger partial charge in [-0.25, -0.2) is 0 Å². The molecule has 0 aromatic heterocycles. The fourth-order valence-electron chi connectivity index (χ4n) is 1.49. The molecular formula is C9H20O3. The third kappa shape index (κ3) is 2.44. The Balaban J connectivity index is 4.43. The number of aliphatic hydroxyl groups excluding tert-OH is 2. The molecule has 2 unspecified atom stereocenters.